The molecular weight excluding hydrogens is 657 g/mol. The molecule has 0 heterocycles. The number of nitrogens with one attached hydrogen (secondary N) is 1. The van der Waals surface area contributed by atoms with Gasteiger partial charge in [-0.25, -0.2) is 8.42 Å². The summed E-state index contributed by atoms with van der Waals surface area (Å²) in [5.74, 6) is -0.829. The average Bonchev–Trinajstić information content (AvgIpc) is 3.02. The fourth-order valence-corrected chi connectivity index (χ4v) is 6.80. The van der Waals surface area contributed by atoms with Gasteiger partial charge < -0.3 is 15.0 Å². The van der Waals surface area contributed by atoms with Crippen LogP contribution in [-0.4, -0.2) is 50.4 Å². The van der Waals surface area contributed by atoms with Crippen molar-refractivity contribution in [1.29, 1.82) is 0 Å². The second kappa shape index (κ2) is 15.2. The zero-order valence-corrected chi connectivity index (χ0v) is 29.4. The van der Waals surface area contributed by atoms with Crippen molar-refractivity contribution in [3.63, 3.8) is 0 Å². The standard InChI is InChI=1S/C36H39Cl2N3O5S/c1-25-15-18-29(19-16-25)47(44,45)41(31-22-28(37)17-20-33(31)46-5)24-34(42)40(23-27-13-9-10-14-30(27)38)32(35(43)39-36(2,3)4)21-26-11-7-6-8-12-26/h6-20,22,32H,21,23-24H2,1-5H3,(H,39,43)/t32-/m0/s1. The van der Waals surface area contributed by atoms with E-state index < -0.39 is 40.0 Å². The van der Waals surface area contributed by atoms with Gasteiger partial charge in [0.25, 0.3) is 10.0 Å². The minimum atomic E-state index is -4.34. The summed E-state index contributed by atoms with van der Waals surface area (Å²) >= 11 is 12.9. The Hall–Kier alpha value is -4.05. The van der Waals surface area contributed by atoms with E-state index in [1.807, 2.05) is 58.0 Å². The van der Waals surface area contributed by atoms with Crippen molar-refractivity contribution >= 4 is 50.7 Å². The van der Waals surface area contributed by atoms with Crippen LogP contribution in [-0.2, 0) is 32.6 Å². The molecular formula is C36H39Cl2N3O5S. The lowest BCUT2D eigenvalue weighted by Gasteiger charge is -2.35. The predicted octanol–water partition coefficient (Wildman–Crippen LogP) is 7.06. The van der Waals surface area contributed by atoms with Gasteiger partial charge in [0.05, 0.1) is 17.7 Å². The highest BCUT2D eigenvalue weighted by molar-refractivity contribution is 7.92. The Labute approximate surface area is 287 Å². The summed E-state index contributed by atoms with van der Waals surface area (Å²) in [6, 6.07) is 26.2. The summed E-state index contributed by atoms with van der Waals surface area (Å²) in [5.41, 5.74) is 1.74. The van der Waals surface area contributed by atoms with Crippen LogP contribution < -0.4 is 14.4 Å². The third-order valence-electron chi connectivity index (χ3n) is 7.37. The molecule has 2 amide bonds. The van der Waals surface area contributed by atoms with Crippen LogP contribution >= 0.6 is 23.2 Å². The van der Waals surface area contributed by atoms with E-state index in [1.165, 1.54) is 36.3 Å². The molecule has 0 aromatic heterocycles. The SMILES string of the molecule is COc1ccc(Cl)cc1N(CC(=O)N(Cc1ccccc1Cl)[C@@H](Cc1ccccc1)C(=O)NC(C)(C)C)S(=O)(=O)c1ccc(C)cc1. The molecule has 8 nitrogen and oxygen atoms in total. The van der Waals surface area contributed by atoms with Crippen LogP contribution in [0, 0.1) is 6.92 Å². The van der Waals surface area contributed by atoms with E-state index in [-0.39, 0.29) is 34.3 Å². The van der Waals surface area contributed by atoms with Crippen LogP contribution in [0.1, 0.15) is 37.5 Å². The van der Waals surface area contributed by atoms with Crippen LogP contribution in [0.15, 0.2) is 102 Å². The van der Waals surface area contributed by atoms with Gasteiger partial charge in [0.15, 0.2) is 0 Å². The van der Waals surface area contributed by atoms with Gasteiger partial charge in [-0.2, -0.15) is 0 Å². The number of rotatable bonds is 12. The van der Waals surface area contributed by atoms with Crippen LogP contribution in [0.2, 0.25) is 10.0 Å². The number of sulfonamides is 1. The topological polar surface area (TPSA) is 96.0 Å². The first kappa shape index (κ1) is 35.8. The maximum atomic E-state index is 14.7. The van der Waals surface area contributed by atoms with Gasteiger partial charge in [-0.05, 0) is 75.2 Å². The van der Waals surface area contributed by atoms with Crippen LogP contribution in [0.4, 0.5) is 5.69 Å². The molecule has 0 aliphatic rings. The first-order chi connectivity index (χ1) is 22.2. The van der Waals surface area contributed by atoms with Crippen molar-refractivity contribution < 1.29 is 22.7 Å². The number of halogens is 2. The van der Waals surface area contributed by atoms with Crippen LogP contribution in [0.5, 0.6) is 5.75 Å². The monoisotopic (exact) mass is 695 g/mol. The number of carbonyl (C=O) groups is 2. The lowest BCUT2D eigenvalue weighted by atomic mass is 10.0. The fraction of sp³-hybridized carbons (Fsp3) is 0.278. The molecule has 4 aromatic rings. The average molecular weight is 697 g/mol. The molecule has 0 fully saturated rings. The van der Waals surface area contributed by atoms with Crippen molar-refractivity contribution in [3.05, 3.63) is 124 Å². The van der Waals surface area contributed by atoms with E-state index in [0.717, 1.165) is 15.4 Å². The quantitative estimate of drug-likeness (QED) is 0.171. The Morgan fingerprint density at radius 2 is 1.53 bits per heavy atom. The fourth-order valence-electron chi connectivity index (χ4n) is 5.03. The van der Waals surface area contributed by atoms with E-state index in [2.05, 4.69) is 5.32 Å². The maximum Gasteiger partial charge on any atom is 0.264 e. The van der Waals surface area contributed by atoms with E-state index in [9.17, 15) is 18.0 Å². The summed E-state index contributed by atoms with van der Waals surface area (Å²) in [6.07, 6.45) is 0.171. The zero-order valence-electron chi connectivity index (χ0n) is 27.0. The molecule has 4 aromatic carbocycles. The zero-order chi connectivity index (χ0) is 34.4. The molecule has 47 heavy (non-hydrogen) atoms. The number of carbonyl (C=O) groups excluding carboxylic acids is 2. The van der Waals surface area contributed by atoms with E-state index in [1.54, 1.807) is 42.5 Å². The molecule has 0 saturated heterocycles. The van der Waals surface area contributed by atoms with Crippen molar-refractivity contribution in [3.8, 4) is 5.75 Å². The van der Waals surface area contributed by atoms with Crippen molar-refractivity contribution in [2.75, 3.05) is 18.0 Å². The number of hydrogen-bond donors (Lipinski definition) is 1. The minimum Gasteiger partial charge on any atom is -0.495 e. The summed E-state index contributed by atoms with van der Waals surface area (Å²) in [4.78, 5) is 30.1. The molecule has 248 valence electrons. The Morgan fingerprint density at radius 1 is 0.894 bits per heavy atom. The number of methoxy groups -OCH3 is 1. The molecule has 0 aliphatic heterocycles. The predicted molar refractivity (Wildman–Crippen MR) is 188 cm³/mol. The molecule has 11 heteroatoms. The highest BCUT2D eigenvalue weighted by Crippen LogP contribution is 2.35. The van der Waals surface area contributed by atoms with E-state index in [4.69, 9.17) is 27.9 Å². The number of aryl methyl sites for hydroxylation is 1. The highest BCUT2D eigenvalue weighted by Gasteiger charge is 2.36. The number of nitrogens with zero attached hydrogens (tertiary/aromatic N) is 2. The van der Waals surface area contributed by atoms with Gasteiger partial charge in [-0.1, -0.05) is 89.4 Å². The number of hydrogen-bond acceptors (Lipinski definition) is 5. The smallest absolute Gasteiger partial charge is 0.264 e. The Kier molecular flexibility index (Phi) is 11.6. The summed E-state index contributed by atoms with van der Waals surface area (Å²) in [5, 5.41) is 3.66. The summed E-state index contributed by atoms with van der Waals surface area (Å²) in [6.45, 7) is 6.69. The molecule has 0 spiro atoms. The molecule has 0 radical (unpaired) electrons. The summed E-state index contributed by atoms with van der Waals surface area (Å²) < 4.78 is 35.2. The normalized spacial score (nSPS) is 12.2. The van der Waals surface area contributed by atoms with Crippen molar-refractivity contribution in [2.24, 2.45) is 0 Å². The number of amides is 2. The molecule has 1 atom stereocenters. The highest BCUT2D eigenvalue weighted by atomic mass is 35.5. The third kappa shape index (κ3) is 9.28. The minimum absolute atomic E-state index is 0.0260. The third-order valence-corrected chi connectivity index (χ3v) is 9.74. The lowest BCUT2D eigenvalue weighted by molar-refractivity contribution is -0.140. The van der Waals surface area contributed by atoms with Crippen molar-refractivity contribution in [2.45, 2.75) is 57.1 Å². The summed E-state index contributed by atoms with van der Waals surface area (Å²) in [7, 11) is -2.94. The number of anilines is 1. The second-order valence-electron chi connectivity index (χ2n) is 12.2. The van der Waals surface area contributed by atoms with Gasteiger partial charge in [-0.3, -0.25) is 13.9 Å². The van der Waals surface area contributed by atoms with Crippen LogP contribution in [0.25, 0.3) is 0 Å². The van der Waals surface area contributed by atoms with Gasteiger partial charge in [-0.15, -0.1) is 0 Å². The maximum absolute atomic E-state index is 14.7. The van der Waals surface area contributed by atoms with E-state index in [0.29, 0.717) is 10.6 Å². The Balaban J connectivity index is 1.88. The lowest BCUT2D eigenvalue weighted by Crippen LogP contribution is -2.56. The van der Waals surface area contributed by atoms with Gasteiger partial charge in [0.2, 0.25) is 11.8 Å². The van der Waals surface area contributed by atoms with E-state index >= 15 is 0 Å². The first-order valence-electron chi connectivity index (χ1n) is 15.0. The Morgan fingerprint density at radius 3 is 2.15 bits per heavy atom. The molecule has 4 rings (SSSR count). The second-order valence-corrected chi connectivity index (χ2v) is 14.9. The largest absolute Gasteiger partial charge is 0.495 e. The molecule has 0 unspecified atom stereocenters. The Bertz CT molecular complexity index is 1810. The number of benzene rings is 4. The van der Waals surface area contributed by atoms with Crippen molar-refractivity contribution in [1.82, 2.24) is 10.2 Å². The first-order valence-corrected chi connectivity index (χ1v) is 17.2. The van der Waals surface area contributed by atoms with Gasteiger partial charge in [0.1, 0.15) is 18.3 Å². The molecule has 0 bridgehead atoms. The molecule has 1 N–H and O–H groups in total. The van der Waals surface area contributed by atoms with Gasteiger partial charge >= 0.3 is 0 Å². The molecule has 0 aliphatic carbocycles. The molecule has 0 saturated carbocycles. The van der Waals surface area contributed by atoms with Crippen LogP contribution in [0.3, 0.4) is 0 Å². The van der Waals surface area contributed by atoms with Gasteiger partial charge in [0, 0.05) is 28.5 Å². The number of ether oxygens (including phenoxy) is 1.